The molecule has 0 bridgehead atoms. The van der Waals surface area contributed by atoms with E-state index >= 15 is 0 Å². The van der Waals surface area contributed by atoms with Crippen LogP contribution in [0, 0.1) is 6.92 Å². The van der Waals surface area contributed by atoms with Gasteiger partial charge < -0.3 is 10.1 Å². The summed E-state index contributed by atoms with van der Waals surface area (Å²) < 4.78 is 6.31. The third-order valence-corrected chi connectivity index (χ3v) is 5.58. The summed E-state index contributed by atoms with van der Waals surface area (Å²) in [5.41, 5.74) is 2.42. The SMILES string of the molecule is Cc1cccc(NC(=O)COc2ccc(/C=C3\C(=O)NC(=O)N(c4ccc(Br)cc4)C3=O)cc2)c1. The zero-order valence-corrected chi connectivity index (χ0v) is 20.2. The van der Waals surface area contributed by atoms with Gasteiger partial charge in [-0.3, -0.25) is 19.7 Å². The lowest BCUT2D eigenvalue weighted by molar-refractivity contribution is -0.122. The predicted molar refractivity (Wildman–Crippen MR) is 135 cm³/mol. The third-order valence-electron chi connectivity index (χ3n) is 5.05. The molecule has 1 fully saturated rings. The molecule has 1 heterocycles. The van der Waals surface area contributed by atoms with E-state index in [0.29, 0.717) is 22.7 Å². The highest BCUT2D eigenvalue weighted by atomic mass is 79.9. The lowest BCUT2D eigenvalue weighted by Crippen LogP contribution is -2.54. The molecule has 1 aliphatic heterocycles. The molecule has 0 saturated carbocycles. The highest BCUT2D eigenvalue weighted by molar-refractivity contribution is 9.10. The van der Waals surface area contributed by atoms with Gasteiger partial charge in [-0.15, -0.1) is 0 Å². The molecule has 0 atom stereocenters. The Kier molecular flexibility index (Phi) is 7.07. The summed E-state index contributed by atoms with van der Waals surface area (Å²) in [6, 6.07) is 19.7. The Balaban J connectivity index is 1.43. The minimum Gasteiger partial charge on any atom is -0.484 e. The number of ether oxygens (including phenoxy) is 1. The van der Waals surface area contributed by atoms with Gasteiger partial charge in [0.2, 0.25) is 0 Å². The molecule has 0 aromatic heterocycles. The Morgan fingerprint density at radius 1 is 1.03 bits per heavy atom. The maximum absolute atomic E-state index is 12.9. The molecule has 3 aromatic carbocycles. The van der Waals surface area contributed by atoms with Gasteiger partial charge in [-0.1, -0.05) is 40.2 Å². The zero-order chi connectivity index (χ0) is 24.9. The Hall–Kier alpha value is -4.24. The average molecular weight is 534 g/mol. The fourth-order valence-electron chi connectivity index (χ4n) is 3.38. The topological polar surface area (TPSA) is 105 Å². The van der Waals surface area contributed by atoms with E-state index in [1.54, 1.807) is 54.6 Å². The van der Waals surface area contributed by atoms with Crippen molar-refractivity contribution in [3.63, 3.8) is 0 Å². The predicted octanol–water partition coefficient (Wildman–Crippen LogP) is 4.44. The second-order valence-corrected chi connectivity index (χ2v) is 8.63. The van der Waals surface area contributed by atoms with Crippen molar-refractivity contribution >= 4 is 57.1 Å². The second kappa shape index (κ2) is 10.4. The molecule has 0 unspecified atom stereocenters. The molecule has 1 aliphatic rings. The molecule has 8 nitrogen and oxygen atoms in total. The number of barbiturate groups is 1. The summed E-state index contributed by atoms with van der Waals surface area (Å²) in [4.78, 5) is 50.6. The second-order valence-electron chi connectivity index (χ2n) is 7.71. The van der Waals surface area contributed by atoms with Crippen LogP contribution in [0.4, 0.5) is 16.2 Å². The number of amides is 5. The number of imide groups is 2. The first-order valence-electron chi connectivity index (χ1n) is 10.6. The summed E-state index contributed by atoms with van der Waals surface area (Å²) in [7, 11) is 0. The maximum atomic E-state index is 12.9. The van der Waals surface area contributed by atoms with E-state index in [-0.39, 0.29) is 18.1 Å². The monoisotopic (exact) mass is 533 g/mol. The van der Waals surface area contributed by atoms with Crippen LogP contribution >= 0.6 is 15.9 Å². The highest BCUT2D eigenvalue weighted by Gasteiger charge is 2.36. The fourth-order valence-corrected chi connectivity index (χ4v) is 3.64. The van der Waals surface area contributed by atoms with Crippen molar-refractivity contribution < 1.29 is 23.9 Å². The van der Waals surface area contributed by atoms with Crippen molar-refractivity contribution in [3.05, 3.63) is 94.0 Å². The van der Waals surface area contributed by atoms with Crippen molar-refractivity contribution in [2.45, 2.75) is 6.92 Å². The summed E-state index contributed by atoms with van der Waals surface area (Å²) in [6.07, 6.45) is 1.39. The Morgan fingerprint density at radius 2 is 1.74 bits per heavy atom. The van der Waals surface area contributed by atoms with E-state index in [1.165, 1.54) is 6.08 Å². The summed E-state index contributed by atoms with van der Waals surface area (Å²) in [5.74, 6) is -1.36. The number of nitrogens with one attached hydrogen (secondary N) is 2. The van der Waals surface area contributed by atoms with Crippen molar-refractivity contribution in [3.8, 4) is 5.75 Å². The molecule has 9 heteroatoms. The molecule has 0 spiro atoms. The molecule has 4 rings (SSSR count). The van der Waals surface area contributed by atoms with Crippen LogP contribution in [0.5, 0.6) is 5.75 Å². The van der Waals surface area contributed by atoms with Crippen LogP contribution in [0.3, 0.4) is 0 Å². The molecule has 5 amide bonds. The molecule has 2 N–H and O–H groups in total. The van der Waals surface area contributed by atoms with Crippen molar-refractivity contribution in [1.29, 1.82) is 0 Å². The highest BCUT2D eigenvalue weighted by Crippen LogP contribution is 2.24. The number of urea groups is 1. The van der Waals surface area contributed by atoms with Crippen molar-refractivity contribution in [2.24, 2.45) is 0 Å². The standard InChI is InChI=1S/C26H20BrN3O5/c1-16-3-2-4-19(13-16)28-23(31)15-35-21-11-5-17(6-12-21)14-22-24(32)29-26(34)30(25(22)33)20-9-7-18(27)8-10-20/h2-14H,15H2,1H3,(H,28,31)(H,29,32,34)/b22-14+. The number of halogens is 1. The number of carbonyl (C=O) groups excluding carboxylic acids is 4. The van der Waals surface area contributed by atoms with Gasteiger partial charge in [0.05, 0.1) is 5.69 Å². The Labute approximate surface area is 209 Å². The number of hydrogen-bond donors (Lipinski definition) is 2. The Bertz CT molecular complexity index is 1330. The van der Waals surface area contributed by atoms with Crippen molar-refractivity contribution in [2.75, 3.05) is 16.8 Å². The van der Waals surface area contributed by atoms with E-state index in [2.05, 4.69) is 26.6 Å². The summed E-state index contributed by atoms with van der Waals surface area (Å²) in [5, 5.41) is 4.95. The van der Waals surface area contributed by atoms with Gasteiger partial charge in [-0.25, -0.2) is 9.69 Å². The van der Waals surface area contributed by atoms with Crippen LogP contribution in [0.25, 0.3) is 6.08 Å². The van der Waals surface area contributed by atoms with Gasteiger partial charge in [0.15, 0.2) is 6.61 Å². The van der Waals surface area contributed by atoms with Crippen LogP contribution in [-0.4, -0.2) is 30.4 Å². The molecule has 35 heavy (non-hydrogen) atoms. The van der Waals surface area contributed by atoms with Crippen LogP contribution < -0.4 is 20.3 Å². The van der Waals surface area contributed by atoms with E-state index in [1.807, 2.05) is 25.1 Å². The molecule has 1 saturated heterocycles. The number of aryl methyl sites for hydroxylation is 1. The number of anilines is 2. The van der Waals surface area contributed by atoms with E-state index in [9.17, 15) is 19.2 Å². The van der Waals surface area contributed by atoms with E-state index in [4.69, 9.17) is 4.74 Å². The number of rotatable bonds is 6. The molecule has 3 aromatic rings. The minimum atomic E-state index is -0.813. The van der Waals surface area contributed by atoms with Crippen LogP contribution in [0.15, 0.2) is 82.8 Å². The minimum absolute atomic E-state index is 0.181. The molecule has 176 valence electrons. The number of carbonyl (C=O) groups is 4. The maximum Gasteiger partial charge on any atom is 0.335 e. The van der Waals surface area contributed by atoms with Crippen LogP contribution in [0.2, 0.25) is 0 Å². The van der Waals surface area contributed by atoms with Gasteiger partial charge in [0.25, 0.3) is 17.7 Å². The molecular weight excluding hydrogens is 514 g/mol. The van der Waals surface area contributed by atoms with Crippen molar-refractivity contribution in [1.82, 2.24) is 5.32 Å². The van der Waals surface area contributed by atoms with Gasteiger partial charge in [0, 0.05) is 10.2 Å². The first-order chi connectivity index (χ1) is 16.8. The lowest BCUT2D eigenvalue weighted by atomic mass is 10.1. The number of nitrogens with zero attached hydrogens (tertiary/aromatic N) is 1. The zero-order valence-electron chi connectivity index (χ0n) is 18.6. The van der Waals surface area contributed by atoms with Crippen LogP contribution in [-0.2, 0) is 14.4 Å². The third kappa shape index (κ3) is 5.82. The average Bonchev–Trinajstić information content (AvgIpc) is 2.82. The van der Waals surface area contributed by atoms with E-state index in [0.717, 1.165) is 14.9 Å². The summed E-state index contributed by atoms with van der Waals surface area (Å²) >= 11 is 3.31. The molecular formula is C26H20BrN3O5. The normalized spacial score (nSPS) is 14.6. The summed E-state index contributed by atoms with van der Waals surface area (Å²) in [6.45, 7) is 1.75. The first kappa shape index (κ1) is 23.9. The van der Waals surface area contributed by atoms with Gasteiger partial charge in [0.1, 0.15) is 11.3 Å². The molecule has 0 radical (unpaired) electrons. The van der Waals surface area contributed by atoms with Gasteiger partial charge in [-0.2, -0.15) is 0 Å². The molecule has 0 aliphatic carbocycles. The van der Waals surface area contributed by atoms with Gasteiger partial charge in [-0.05, 0) is 72.7 Å². The smallest absolute Gasteiger partial charge is 0.335 e. The first-order valence-corrected chi connectivity index (χ1v) is 11.4. The fraction of sp³-hybridized carbons (Fsp3) is 0.0769. The largest absolute Gasteiger partial charge is 0.484 e. The van der Waals surface area contributed by atoms with E-state index < -0.39 is 17.8 Å². The van der Waals surface area contributed by atoms with Crippen LogP contribution in [0.1, 0.15) is 11.1 Å². The Morgan fingerprint density at radius 3 is 2.43 bits per heavy atom. The number of benzene rings is 3. The lowest BCUT2D eigenvalue weighted by Gasteiger charge is -2.26. The quantitative estimate of drug-likeness (QED) is 0.360. The van der Waals surface area contributed by atoms with Gasteiger partial charge >= 0.3 is 6.03 Å². The number of hydrogen-bond acceptors (Lipinski definition) is 5.